The van der Waals surface area contributed by atoms with Gasteiger partial charge in [-0.15, -0.1) is 10.2 Å². The molecule has 3 aromatic carbocycles. The molecule has 1 amide bonds. The molecule has 0 fully saturated rings. The van der Waals surface area contributed by atoms with Crippen molar-refractivity contribution < 1.29 is 9.53 Å². The zero-order chi connectivity index (χ0) is 23.4. The second kappa shape index (κ2) is 9.92. The molecular formula is C26H26N4O2S. The Labute approximate surface area is 198 Å². The number of ether oxygens (including phenoxy) is 1. The maximum absolute atomic E-state index is 12.1. The summed E-state index contributed by atoms with van der Waals surface area (Å²) in [6, 6.07) is 23.9. The van der Waals surface area contributed by atoms with E-state index in [0.717, 1.165) is 33.5 Å². The molecule has 0 saturated heterocycles. The smallest absolute Gasteiger partial charge is 0.253 e. The van der Waals surface area contributed by atoms with Gasteiger partial charge in [-0.3, -0.25) is 9.36 Å². The minimum Gasteiger partial charge on any atom is -0.497 e. The lowest BCUT2D eigenvalue weighted by Gasteiger charge is -2.12. The second-order valence-corrected chi connectivity index (χ2v) is 8.83. The molecule has 4 rings (SSSR count). The molecule has 0 saturated carbocycles. The molecule has 1 heterocycles. The number of carbonyl (C=O) groups excluding carboxylic acids is 1. The topological polar surface area (TPSA) is 60.3 Å². The van der Waals surface area contributed by atoms with Crippen LogP contribution in [-0.4, -0.2) is 46.8 Å². The predicted octanol–water partition coefficient (Wildman–Crippen LogP) is 5.25. The van der Waals surface area contributed by atoms with E-state index in [4.69, 9.17) is 4.74 Å². The van der Waals surface area contributed by atoms with Crippen LogP contribution in [0.1, 0.15) is 21.5 Å². The number of hydrogen-bond acceptors (Lipinski definition) is 5. The lowest BCUT2D eigenvalue weighted by molar-refractivity contribution is 0.0827. The maximum Gasteiger partial charge on any atom is 0.253 e. The van der Waals surface area contributed by atoms with Gasteiger partial charge in [0.05, 0.1) is 7.11 Å². The summed E-state index contributed by atoms with van der Waals surface area (Å²) in [5.74, 6) is 2.28. The highest BCUT2D eigenvalue weighted by atomic mass is 32.2. The van der Waals surface area contributed by atoms with Crippen molar-refractivity contribution in [3.63, 3.8) is 0 Å². The molecule has 0 atom stereocenters. The van der Waals surface area contributed by atoms with Crippen molar-refractivity contribution >= 4 is 17.7 Å². The summed E-state index contributed by atoms with van der Waals surface area (Å²) >= 11 is 1.61. The normalized spacial score (nSPS) is 10.8. The van der Waals surface area contributed by atoms with Gasteiger partial charge in [0.15, 0.2) is 11.0 Å². The molecule has 0 radical (unpaired) electrons. The number of aromatic nitrogens is 3. The Hall–Kier alpha value is -3.58. The van der Waals surface area contributed by atoms with Crippen LogP contribution in [0, 0.1) is 6.92 Å². The van der Waals surface area contributed by atoms with Crippen LogP contribution < -0.4 is 4.74 Å². The van der Waals surface area contributed by atoms with Crippen molar-refractivity contribution in [3.8, 4) is 22.8 Å². The van der Waals surface area contributed by atoms with Crippen molar-refractivity contribution in [1.29, 1.82) is 0 Å². The molecule has 4 aromatic rings. The Kier molecular flexibility index (Phi) is 6.79. The Morgan fingerprint density at radius 3 is 2.21 bits per heavy atom. The van der Waals surface area contributed by atoms with Gasteiger partial charge in [-0.1, -0.05) is 41.6 Å². The summed E-state index contributed by atoms with van der Waals surface area (Å²) in [6.07, 6.45) is 0. The molecule has 0 aliphatic carbocycles. The lowest BCUT2D eigenvalue weighted by atomic mass is 10.1. The third kappa shape index (κ3) is 5.09. The van der Waals surface area contributed by atoms with Gasteiger partial charge in [0, 0.05) is 36.7 Å². The molecule has 7 heteroatoms. The zero-order valence-corrected chi connectivity index (χ0v) is 20.0. The molecule has 0 bridgehead atoms. The number of thioether (sulfide) groups is 1. The van der Waals surface area contributed by atoms with Gasteiger partial charge in [-0.25, -0.2) is 0 Å². The van der Waals surface area contributed by atoms with E-state index in [2.05, 4.69) is 46.0 Å². The van der Waals surface area contributed by atoms with Crippen molar-refractivity contribution in [1.82, 2.24) is 19.7 Å². The first-order valence-corrected chi connectivity index (χ1v) is 11.5. The third-order valence-corrected chi connectivity index (χ3v) is 6.25. The van der Waals surface area contributed by atoms with E-state index in [1.165, 1.54) is 5.56 Å². The molecule has 0 aliphatic heterocycles. The number of hydrogen-bond donors (Lipinski definition) is 0. The van der Waals surface area contributed by atoms with Crippen LogP contribution in [0.4, 0.5) is 0 Å². The molecule has 33 heavy (non-hydrogen) atoms. The molecule has 1 aromatic heterocycles. The monoisotopic (exact) mass is 458 g/mol. The summed E-state index contributed by atoms with van der Waals surface area (Å²) in [7, 11) is 5.16. The molecule has 0 spiro atoms. The average molecular weight is 459 g/mol. The summed E-state index contributed by atoms with van der Waals surface area (Å²) < 4.78 is 7.37. The van der Waals surface area contributed by atoms with E-state index in [0.29, 0.717) is 11.3 Å². The van der Waals surface area contributed by atoms with Gasteiger partial charge >= 0.3 is 0 Å². The highest BCUT2D eigenvalue weighted by Crippen LogP contribution is 2.30. The number of amides is 1. The van der Waals surface area contributed by atoms with Crippen LogP contribution >= 0.6 is 11.8 Å². The number of aryl methyl sites for hydroxylation is 1. The molecule has 168 valence electrons. The van der Waals surface area contributed by atoms with Gasteiger partial charge in [-0.05, 0) is 61.0 Å². The third-order valence-electron chi connectivity index (χ3n) is 5.25. The van der Waals surface area contributed by atoms with E-state index in [-0.39, 0.29) is 5.91 Å². The molecule has 6 nitrogen and oxygen atoms in total. The van der Waals surface area contributed by atoms with Gasteiger partial charge < -0.3 is 9.64 Å². The van der Waals surface area contributed by atoms with E-state index < -0.39 is 0 Å². The number of methoxy groups -OCH3 is 1. The number of rotatable bonds is 7. The first kappa shape index (κ1) is 22.6. The van der Waals surface area contributed by atoms with E-state index in [1.54, 1.807) is 37.9 Å². The minimum absolute atomic E-state index is 0.00236. The Bertz CT molecular complexity index is 1230. The summed E-state index contributed by atoms with van der Waals surface area (Å²) in [4.78, 5) is 13.7. The van der Waals surface area contributed by atoms with Gasteiger partial charge in [0.2, 0.25) is 0 Å². The first-order valence-electron chi connectivity index (χ1n) is 10.6. The summed E-state index contributed by atoms with van der Waals surface area (Å²) in [5.41, 5.74) is 4.95. The van der Waals surface area contributed by atoms with E-state index in [9.17, 15) is 4.79 Å². The fourth-order valence-corrected chi connectivity index (χ4v) is 4.27. The summed E-state index contributed by atoms with van der Waals surface area (Å²) in [6.45, 7) is 2.07. The van der Waals surface area contributed by atoms with Crippen LogP contribution in [0.2, 0.25) is 0 Å². The molecular weight excluding hydrogens is 432 g/mol. The fraction of sp³-hybridized carbons (Fsp3) is 0.192. The Balaban J connectivity index is 1.63. The minimum atomic E-state index is -0.00236. The second-order valence-electron chi connectivity index (χ2n) is 7.89. The number of benzene rings is 3. The Morgan fingerprint density at radius 1 is 0.939 bits per heavy atom. The van der Waals surface area contributed by atoms with Gasteiger partial charge in [0.25, 0.3) is 5.91 Å². The van der Waals surface area contributed by atoms with Gasteiger partial charge in [0.1, 0.15) is 5.75 Å². The largest absolute Gasteiger partial charge is 0.497 e. The van der Waals surface area contributed by atoms with E-state index in [1.807, 2.05) is 48.5 Å². The molecule has 0 aliphatic rings. The number of nitrogens with zero attached hydrogens (tertiary/aromatic N) is 4. The van der Waals surface area contributed by atoms with Crippen molar-refractivity contribution in [2.75, 3.05) is 21.2 Å². The van der Waals surface area contributed by atoms with Crippen LogP contribution in [-0.2, 0) is 5.75 Å². The van der Waals surface area contributed by atoms with Crippen molar-refractivity contribution in [3.05, 3.63) is 89.5 Å². The first-order chi connectivity index (χ1) is 16.0. The highest BCUT2D eigenvalue weighted by molar-refractivity contribution is 7.98. The lowest BCUT2D eigenvalue weighted by Crippen LogP contribution is -2.21. The van der Waals surface area contributed by atoms with Crippen LogP contribution in [0.25, 0.3) is 17.1 Å². The van der Waals surface area contributed by atoms with Crippen LogP contribution in [0.15, 0.2) is 78.0 Å². The maximum atomic E-state index is 12.1. The van der Waals surface area contributed by atoms with Crippen LogP contribution in [0.5, 0.6) is 5.75 Å². The van der Waals surface area contributed by atoms with E-state index >= 15 is 0 Å². The van der Waals surface area contributed by atoms with Crippen LogP contribution in [0.3, 0.4) is 0 Å². The Morgan fingerprint density at radius 2 is 1.61 bits per heavy atom. The zero-order valence-electron chi connectivity index (χ0n) is 19.1. The molecule has 0 unspecified atom stereocenters. The van der Waals surface area contributed by atoms with Gasteiger partial charge in [-0.2, -0.15) is 0 Å². The SMILES string of the molecule is COc1ccc(-c2nnc(SCc3ccc(C(=O)N(C)C)cc3)n2-c2ccc(C)cc2)cc1. The quantitative estimate of drug-likeness (QED) is 0.354. The molecule has 0 N–H and O–H groups in total. The van der Waals surface area contributed by atoms with Crippen molar-refractivity contribution in [2.24, 2.45) is 0 Å². The van der Waals surface area contributed by atoms with Crippen molar-refractivity contribution in [2.45, 2.75) is 17.8 Å². The highest BCUT2D eigenvalue weighted by Gasteiger charge is 2.17. The number of carbonyl (C=O) groups is 1. The predicted molar refractivity (Wildman–Crippen MR) is 132 cm³/mol. The fourth-order valence-electron chi connectivity index (χ4n) is 3.37. The average Bonchev–Trinajstić information content (AvgIpc) is 3.27. The standard InChI is InChI=1S/C26H26N4O2S/c1-18-5-13-22(14-6-18)30-24(20-11-15-23(32-4)16-12-20)27-28-26(30)33-17-19-7-9-21(10-8-19)25(31)29(2)3/h5-16H,17H2,1-4H3. The summed E-state index contributed by atoms with van der Waals surface area (Å²) in [5, 5.41) is 9.82.